The quantitative estimate of drug-likeness (QED) is 0.752. The van der Waals surface area contributed by atoms with Crippen molar-refractivity contribution in [2.45, 2.75) is 19.3 Å². The second kappa shape index (κ2) is 4.10. The molecule has 2 N–H and O–H groups in total. The molecule has 20 heavy (non-hydrogen) atoms. The number of hydrogen-bond donors (Lipinski definition) is 2. The van der Waals surface area contributed by atoms with E-state index in [-0.39, 0.29) is 0 Å². The number of rotatable bonds is 3. The molecule has 0 radical (unpaired) electrons. The standard InChI is InChI=1S/C17H15NO2/c19-17(20)12-8-11(7-10-5-6-10)16-14(9-12)13-3-1-2-4-15(13)18-16/h1-4,8-10,18H,5-7H2,(H,19,20). The number of benzene rings is 2. The number of aromatic amines is 1. The van der Waals surface area contributed by atoms with Crippen LogP contribution < -0.4 is 0 Å². The van der Waals surface area contributed by atoms with E-state index in [4.69, 9.17) is 0 Å². The number of aromatic carboxylic acids is 1. The normalized spacial score (nSPS) is 15.0. The summed E-state index contributed by atoms with van der Waals surface area (Å²) >= 11 is 0. The molecule has 4 rings (SSSR count). The molecule has 0 amide bonds. The summed E-state index contributed by atoms with van der Waals surface area (Å²) in [6.45, 7) is 0. The van der Waals surface area contributed by atoms with E-state index in [1.165, 1.54) is 12.8 Å². The molecule has 0 saturated heterocycles. The molecule has 2 aromatic carbocycles. The molecule has 0 unspecified atom stereocenters. The summed E-state index contributed by atoms with van der Waals surface area (Å²) in [4.78, 5) is 14.8. The molecule has 3 aromatic rings. The van der Waals surface area contributed by atoms with Crippen LogP contribution >= 0.6 is 0 Å². The van der Waals surface area contributed by atoms with E-state index in [0.29, 0.717) is 5.56 Å². The van der Waals surface area contributed by atoms with Crippen LogP contribution in [0.2, 0.25) is 0 Å². The lowest BCUT2D eigenvalue weighted by Crippen LogP contribution is -1.99. The van der Waals surface area contributed by atoms with Crippen molar-refractivity contribution in [2.24, 2.45) is 5.92 Å². The highest BCUT2D eigenvalue weighted by Gasteiger charge is 2.24. The van der Waals surface area contributed by atoms with Crippen molar-refractivity contribution < 1.29 is 9.90 Å². The predicted molar refractivity (Wildman–Crippen MR) is 79.2 cm³/mol. The maximum absolute atomic E-state index is 11.3. The lowest BCUT2D eigenvalue weighted by Gasteiger charge is -2.05. The third-order valence-electron chi connectivity index (χ3n) is 4.15. The van der Waals surface area contributed by atoms with E-state index in [1.807, 2.05) is 30.3 Å². The summed E-state index contributed by atoms with van der Waals surface area (Å²) in [5, 5.41) is 11.4. The third-order valence-corrected chi connectivity index (χ3v) is 4.15. The van der Waals surface area contributed by atoms with Gasteiger partial charge in [-0.1, -0.05) is 18.2 Å². The van der Waals surface area contributed by atoms with Gasteiger partial charge in [0.25, 0.3) is 0 Å². The first-order valence-corrected chi connectivity index (χ1v) is 6.99. The van der Waals surface area contributed by atoms with Crippen molar-refractivity contribution >= 4 is 27.8 Å². The lowest BCUT2D eigenvalue weighted by molar-refractivity contribution is 0.0697. The van der Waals surface area contributed by atoms with E-state index in [9.17, 15) is 9.90 Å². The first-order chi connectivity index (χ1) is 9.72. The predicted octanol–water partition coefficient (Wildman–Crippen LogP) is 3.97. The summed E-state index contributed by atoms with van der Waals surface area (Å²) in [5.74, 6) is -0.122. The molecule has 1 fully saturated rings. The fourth-order valence-corrected chi connectivity index (χ4v) is 2.94. The molecule has 0 aliphatic heterocycles. The van der Waals surface area contributed by atoms with Gasteiger partial charge in [-0.15, -0.1) is 0 Å². The molecule has 3 nitrogen and oxygen atoms in total. The number of carbonyl (C=O) groups is 1. The number of fused-ring (bicyclic) bond motifs is 3. The fourth-order valence-electron chi connectivity index (χ4n) is 2.94. The number of carboxylic acid groups (broad SMARTS) is 1. The highest BCUT2D eigenvalue weighted by atomic mass is 16.4. The van der Waals surface area contributed by atoms with Crippen LogP contribution in [0.5, 0.6) is 0 Å². The van der Waals surface area contributed by atoms with Gasteiger partial charge >= 0.3 is 5.97 Å². The number of hydrogen-bond acceptors (Lipinski definition) is 1. The average Bonchev–Trinajstić information content (AvgIpc) is 3.17. The van der Waals surface area contributed by atoms with Gasteiger partial charge in [0.2, 0.25) is 0 Å². The molecular weight excluding hydrogens is 250 g/mol. The fraction of sp³-hybridized carbons (Fsp3) is 0.235. The van der Waals surface area contributed by atoms with Crippen LogP contribution in [0.3, 0.4) is 0 Å². The lowest BCUT2D eigenvalue weighted by atomic mass is 10.0. The van der Waals surface area contributed by atoms with Crippen molar-refractivity contribution in [3.05, 3.63) is 47.5 Å². The number of carboxylic acids is 1. The summed E-state index contributed by atoms with van der Waals surface area (Å²) in [6, 6.07) is 11.7. The van der Waals surface area contributed by atoms with Gasteiger partial charge in [0.15, 0.2) is 0 Å². The van der Waals surface area contributed by atoms with Crippen LogP contribution in [0.25, 0.3) is 21.8 Å². The monoisotopic (exact) mass is 265 g/mol. The molecule has 100 valence electrons. The van der Waals surface area contributed by atoms with Gasteiger partial charge in [-0.05, 0) is 48.9 Å². The molecule has 3 heteroatoms. The SMILES string of the molecule is O=C(O)c1cc(CC2CC2)c2[nH]c3ccccc3c2c1. The number of H-pyrrole nitrogens is 1. The van der Waals surface area contributed by atoms with Gasteiger partial charge in [0, 0.05) is 21.8 Å². The topological polar surface area (TPSA) is 53.1 Å². The zero-order valence-corrected chi connectivity index (χ0v) is 11.0. The second-order valence-electron chi connectivity index (χ2n) is 5.68. The zero-order valence-electron chi connectivity index (χ0n) is 11.0. The number of para-hydroxylation sites is 1. The van der Waals surface area contributed by atoms with Crippen LogP contribution in [0.15, 0.2) is 36.4 Å². The van der Waals surface area contributed by atoms with Gasteiger partial charge < -0.3 is 10.1 Å². The van der Waals surface area contributed by atoms with Crippen LogP contribution in [-0.2, 0) is 6.42 Å². The maximum atomic E-state index is 11.3. The Morgan fingerprint density at radius 2 is 2.00 bits per heavy atom. The minimum Gasteiger partial charge on any atom is -0.478 e. The maximum Gasteiger partial charge on any atom is 0.335 e. The van der Waals surface area contributed by atoms with E-state index < -0.39 is 5.97 Å². The molecule has 0 bridgehead atoms. The largest absolute Gasteiger partial charge is 0.478 e. The van der Waals surface area contributed by atoms with E-state index >= 15 is 0 Å². The van der Waals surface area contributed by atoms with Gasteiger partial charge in [-0.2, -0.15) is 0 Å². The first-order valence-electron chi connectivity index (χ1n) is 6.99. The van der Waals surface area contributed by atoms with Crippen LogP contribution in [0, 0.1) is 5.92 Å². The first kappa shape index (κ1) is 11.5. The molecule has 1 heterocycles. The summed E-state index contributed by atoms with van der Waals surface area (Å²) in [7, 11) is 0. The Kier molecular flexibility index (Phi) is 2.36. The Morgan fingerprint density at radius 1 is 1.20 bits per heavy atom. The van der Waals surface area contributed by atoms with Crippen molar-refractivity contribution in [2.75, 3.05) is 0 Å². The highest BCUT2D eigenvalue weighted by Crippen LogP contribution is 2.36. The summed E-state index contributed by atoms with van der Waals surface area (Å²) < 4.78 is 0. The molecule has 0 spiro atoms. The van der Waals surface area contributed by atoms with Crippen molar-refractivity contribution in [3.63, 3.8) is 0 Å². The van der Waals surface area contributed by atoms with Gasteiger partial charge in [-0.25, -0.2) is 4.79 Å². The van der Waals surface area contributed by atoms with Gasteiger partial charge in [0.1, 0.15) is 0 Å². The second-order valence-corrected chi connectivity index (χ2v) is 5.68. The Balaban J connectivity index is 2.04. The molecule has 0 atom stereocenters. The Morgan fingerprint density at radius 3 is 2.75 bits per heavy atom. The third kappa shape index (κ3) is 1.78. The van der Waals surface area contributed by atoms with Crippen LogP contribution in [-0.4, -0.2) is 16.1 Å². The Bertz CT molecular complexity index is 827. The highest BCUT2D eigenvalue weighted by molar-refractivity contribution is 6.10. The number of nitrogens with one attached hydrogen (secondary N) is 1. The minimum atomic E-state index is -0.853. The Hall–Kier alpha value is -2.29. The van der Waals surface area contributed by atoms with Gasteiger partial charge in [0.05, 0.1) is 5.56 Å². The summed E-state index contributed by atoms with van der Waals surface area (Å²) in [6.07, 6.45) is 3.50. The zero-order chi connectivity index (χ0) is 13.7. The van der Waals surface area contributed by atoms with E-state index in [2.05, 4.69) is 4.98 Å². The minimum absolute atomic E-state index is 0.387. The van der Waals surface area contributed by atoms with Crippen molar-refractivity contribution in [1.82, 2.24) is 4.98 Å². The average molecular weight is 265 g/mol. The summed E-state index contributed by atoms with van der Waals surface area (Å²) in [5.41, 5.74) is 3.70. The molecule has 1 aliphatic carbocycles. The van der Waals surface area contributed by atoms with Gasteiger partial charge in [-0.3, -0.25) is 0 Å². The van der Waals surface area contributed by atoms with E-state index in [1.54, 1.807) is 6.07 Å². The Labute approximate surface area is 116 Å². The molecule has 1 aromatic heterocycles. The number of aromatic nitrogens is 1. The van der Waals surface area contributed by atoms with Crippen LogP contribution in [0.1, 0.15) is 28.8 Å². The molecular formula is C17H15NO2. The van der Waals surface area contributed by atoms with Crippen LogP contribution in [0.4, 0.5) is 0 Å². The van der Waals surface area contributed by atoms with Crippen molar-refractivity contribution in [1.29, 1.82) is 0 Å². The molecule has 1 aliphatic rings. The van der Waals surface area contributed by atoms with E-state index in [0.717, 1.165) is 39.7 Å². The molecule has 1 saturated carbocycles. The smallest absolute Gasteiger partial charge is 0.335 e. The van der Waals surface area contributed by atoms with Crippen molar-refractivity contribution in [3.8, 4) is 0 Å².